The van der Waals surface area contributed by atoms with E-state index in [1.54, 1.807) is 7.11 Å². The molecule has 3 rings (SSSR count). The molecule has 2 heterocycles. The summed E-state index contributed by atoms with van der Waals surface area (Å²) >= 11 is 0. The van der Waals surface area contributed by atoms with Gasteiger partial charge in [0.25, 0.3) is 5.91 Å². The third kappa shape index (κ3) is 4.70. The van der Waals surface area contributed by atoms with Gasteiger partial charge in [0.1, 0.15) is 5.75 Å². The minimum absolute atomic E-state index is 0.138. The highest BCUT2D eigenvalue weighted by Gasteiger charge is 2.41. The van der Waals surface area contributed by atoms with Crippen molar-refractivity contribution in [1.29, 1.82) is 0 Å². The van der Waals surface area contributed by atoms with Crippen molar-refractivity contribution in [1.82, 2.24) is 15.5 Å². The number of benzene rings is 1. The number of alkyl halides is 1. The van der Waals surface area contributed by atoms with E-state index < -0.39 is 11.6 Å². The van der Waals surface area contributed by atoms with Crippen molar-refractivity contribution in [2.45, 2.75) is 31.5 Å². The number of methoxy groups -OCH3 is 1. The number of carbonyl (C=O) groups is 1. The molecule has 0 spiro atoms. The summed E-state index contributed by atoms with van der Waals surface area (Å²) in [5.41, 5.74) is -0.435. The van der Waals surface area contributed by atoms with E-state index in [1.165, 1.54) is 5.56 Å². The lowest BCUT2D eigenvalue weighted by atomic mass is 9.95. The van der Waals surface area contributed by atoms with Crippen molar-refractivity contribution in [3.63, 3.8) is 0 Å². The summed E-state index contributed by atoms with van der Waals surface area (Å²) in [6, 6.07) is 8.17. The van der Waals surface area contributed by atoms with Gasteiger partial charge in [0, 0.05) is 26.1 Å². The molecule has 25 heavy (non-hydrogen) atoms. The van der Waals surface area contributed by atoms with Gasteiger partial charge in [0.15, 0.2) is 0 Å². The van der Waals surface area contributed by atoms with E-state index in [1.807, 2.05) is 12.1 Å². The molecule has 2 saturated heterocycles. The lowest BCUT2D eigenvalue weighted by molar-refractivity contribution is -0.131. The first-order valence-electron chi connectivity index (χ1n) is 9.12. The zero-order valence-corrected chi connectivity index (χ0v) is 14.9. The number of halogens is 1. The number of likely N-dealkylation sites (tertiary alicyclic amines) is 1. The van der Waals surface area contributed by atoms with Crippen LogP contribution in [0.2, 0.25) is 0 Å². The molecule has 2 fully saturated rings. The Labute approximate surface area is 148 Å². The maximum Gasteiger partial charge on any atom is 0.259 e. The van der Waals surface area contributed by atoms with Crippen LogP contribution in [0.3, 0.4) is 0 Å². The summed E-state index contributed by atoms with van der Waals surface area (Å²) in [6.45, 7) is 4.25. The fourth-order valence-electron chi connectivity index (χ4n) is 3.59. The molecular formula is C19H28FN3O2. The number of hydrogen-bond acceptors (Lipinski definition) is 4. The highest BCUT2D eigenvalue weighted by Crippen LogP contribution is 2.22. The number of nitrogens with one attached hydrogen (secondary N) is 2. The second kappa shape index (κ2) is 8.15. The van der Waals surface area contributed by atoms with Crippen molar-refractivity contribution in [2.24, 2.45) is 5.92 Å². The van der Waals surface area contributed by atoms with Crippen molar-refractivity contribution in [3.05, 3.63) is 29.8 Å². The molecule has 2 aliphatic heterocycles. The van der Waals surface area contributed by atoms with Gasteiger partial charge >= 0.3 is 0 Å². The number of rotatable bonds is 6. The largest absolute Gasteiger partial charge is 0.497 e. The summed E-state index contributed by atoms with van der Waals surface area (Å²) in [7, 11) is 1.67. The predicted molar refractivity (Wildman–Crippen MR) is 95.3 cm³/mol. The van der Waals surface area contributed by atoms with E-state index in [-0.39, 0.29) is 13.0 Å². The number of piperidine rings is 1. The summed E-state index contributed by atoms with van der Waals surface area (Å²) in [6.07, 6.45) is 2.35. The zero-order chi connectivity index (χ0) is 17.7. The molecule has 5 nitrogen and oxygen atoms in total. The van der Waals surface area contributed by atoms with Crippen molar-refractivity contribution >= 4 is 5.91 Å². The van der Waals surface area contributed by atoms with Gasteiger partial charge in [0.2, 0.25) is 5.67 Å². The summed E-state index contributed by atoms with van der Waals surface area (Å²) in [4.78, 5) is 14.4. The fraction of sp³-hybridized carbons (Fsp3) is 0.632. The monoisotopic (exact) mass is 349 g/mol. The van der Waals surface area contributed by atoms with Crippen LogP contribution in [0, 0.1) is 5.92 Å². The third-order valence-corrected chi connectivity index (χ3v) is 5.33. The average Bonchev–Trinajstić information content (AvgIpc) is 3.09. The number of hydrogen-bond donors (Lipinski definition) is 2. The fourth-order valence-corrected chi connectivity index (χ4v) is 3.59. The second-order valence-electron chi connectivity index (χ2n) is 7.17. The van der Waals surface area contributed by atoms with E-state index in [2.05, 4.69) is 27.7 Å². The SMILES string of the molecule is COc1ccc(CN2CCC(CNC(=O)C3(F)CCNC3)CC2)cc1. The summed E-state index contributed by atoms with van der Waals surface area (Å²) < 4.78 is 19.5. The molecule has 1 aromatic rings. The van der Waals surface area contributed by atoms with Gasteiger partial charge in [-0.15, -0.1) is 0 Å². The average molecular weight is 349 g/mol. The van der Waals surface area contributed by atoms with E-state index in [9.17, 15) is 9.18 Å². The topological polar surface area (TPSA) is 53.6 Å². The van der Waals surface area contributed by atoms with E-state index in [0.29, 0.717) is 19.0 Å². The van der Waals surface area contributed by atoms with Crippen LogP contribution < -0.4 is 15.4 Å². The van der Waals surface area contributed by atoms with E-state index in [4.69, 9.17) is 4.74 Å². The van der Waals surface area contributed by atoms with Crippen molar-refractivity contribution in [3.8, 4) is 5.75 Å². The molecule has 0 aliphatic carbocycles. The van der Waals surface area contributed by atoms with Gasteiger partial charge in [-0.05, 0) is 56.1 Å². The normalized spacial score (nSPS) is 25.0. The lowest BCUT2D eigenvalue weighted by Gasteiger charge is -2.32. The van der Waals surface area contributed by atoms with Crippen molar-refractivity contribution < 1.29 is 13.9 Å². The van der Waals surface area contributed by atoms with Gasteiger partial charge in [-0.1, -0.05) is 12.1 Å². The van der Waals surface area contributed by atoms with E-state index in [0.717, 1.165) is 38.2 Å². The van der Waals surface area contributed by atoms with Crippen LogP contribution >= 0.6 is 0 Å². The first-order chi connectivity index (χ1) is 12.1. The van der Waals surface area contributed by atoms with Crippen LogP contribution in [-0.4, -0.2) is 56.3 Å². The Balaban J connectivity index is 1.38. The van der Waals surface area contributed by atoms with Crippen LogP contribution in [-0.2, 0) is 11.3 Å². The van der Waals surface area contributed by atoms with Gasteiger partial charge in [-0.3, -0.25) is 9.69 Å². The quantitative estimate of drug-likeness (QED) is 0.821. The smallest absolute Gasteiger partial charge is 0.259 e. The molecule has 1 atom stereocenters. The minimum Gasteiger partial charge on any atom is -0.497 e. The molecule has 2 aliphatic rings. The van der Waals surface area contributed by atoms with E-state index >= 15 is 0 Å². The molecule has 0 radical (unpaired) electrons. The number of amides is 1. The van der Waals surface area contributed by atoms with Crippen LogP contribution in [0.15, 0.2) is 24.3 Å². The highest BCUT2D eigenvalue weighted by molar-refractivity contribution is 5.85. The van der Waals surface area contributed by atoms with Gasteiger partial charge in [-0.25, -0.2) is 4.39 Å². The molecule has 1 amide bonds. The molecule has 2 N–H and O–H groups in total. The van der Waals surface area contributed by atoms with Crippen LogP contribution in [0.25, 0.3) is 0 Å². The molecular weight excluding hydrogens is 321 g/mol. The first-order valence-corrected chi connectivity index (χ1v) is 9.12. The Bertz CT molecular complexity index is 565. The number of ether oxygens (including phenoxy) is 1. The summed E-state index contributed by atoms with van der Waals surface area (Å²) in [5, 5.41) is 5.74. The molecule has 1 aromatic carbocycles. The molecule has 0 bridgehead atoms. The Morgan fingerprint density at radius 2 is 2.08 bits per heavy atom. The van der Waals surface area contributed by atoms with Crippen LogP contribution in [0.4, 0.5) is 4.39 Å². The third-order valence-electron chi connectivity index (χ3n) is 5.33. The highest BCUT2D eigenvalue weighted by atomic mass is 19.1. The van der Waals surface area contributed by atoms with Gasteiger partial charge in [0.05, 0.1) is 7.11 Å². The maximum atomic E-state index is 14.3. The summed E-state index contributed by atoms with van der Waals surface area (Å²) in [5.74, 6) is 0.869. The lowest BCUT2D eigenvalue weighted by Crippen LogP contribution is -2.47. The molecule has 0 aromatic heterocycles. The Morgan fingerprint density at radius 3 is 2.68 bits per heavy atom. The molecule has 0 saturated carbocycles. The van der Waals surface area contributed by atoms with Gasteiger partial charge in [-0.2, -0.15) is 0 Å². The molecule has 1 unspecified atom stereocenters. The Kier molecular flexibility index (Phi) is 5.91. The minimum atomic E-state index is -1.71. The van der Waals surface area contributed by atoms with Crippen LogP contribution in [0.5, 0.6) is 5.75 Å². The maximum absolute atomic E-state index is 14.3. The van der Waals surface area contributed by atoms with Crippen LogP contribution in [0.1, 0.15) is 24.8 Å². The molecule has 6 heteroatoms. The zero-order valence-electron chi connectivity index (χ0n) is 14.9. The number of nitrogens with zero attached hydrogens (tertiary/aromatic N) is 1. The van der Waals surface area contributed by atoms with Gasteiger partial charge < -0.3 is 15.4 Å². The molecule has 138 valence electrons. The number of carbonyl (C=O) groups excluding carboxylic acids is 1. The standard InChI is InChI=1S/C19H28FN3O2/c1-25-17-4-2-16(3-5-17)13-23-10-6-15(7-11-23)12-22-18(24)19(20)8-9-21-14-19/h2-5,15,21H,6-14H2,1H3,(H,22,24). The first kappa shape index (κ1) is 18.1. The Morgan fingerprint density at radius 1 is 1.36 bits per heavy atom. The second-order valence-corrected chi connectivity index (χ2v) is 7.17. The Hall–Kier alpha value is -1.66. The predicted octanol–water partition coefficient (Wildman–Crippen LogP) is 1.72. The van der Waals surface area contributed by atoms with Crippen molar-refractivity contribution in [2.75, 3.05) is 39.8 Å².